The van der Waals surface area contributed by atoms with Crippen molar-refractivity contribution in [3.8, 4) is 11.6 Å². The molecular formula is C29H31N5O4. The number of aromatic nitrogens is 3. The first-order chi connectivity index (χ1) is 18.1. The zero-order valence-electron chi connectivity index (χ0n) is 22.2. The molecule has 1 atom stereocenters. The zero-order chi connectivity index (χ0) is 27.0. The highest BCUT2D eigenvalue weighted by atomic mass is 16.6. The summed E-state index contributed by atoms with van der Waals surface area (Å²) in [6.07, 6.45) is 3.36. The fourth-order valence-electron chi connectivity index (χ4n) is 4.53. The maximum Gasteiger partial charge on any atom is 0.410 e. The van der Waals surface area contributed by atoms with Gasteiger partial charge in [-0.1, -0.05) is 12.1 Å². The van der Waals surface area contributed by atoms with Crippen molar-refractivity contribution in [2.75, 3.05) is 5.32 Å². The number of ether oxygens (including phenoxy) is 2. The van der Waals surface area contributed by atoms with Crippen LogP contribution in [0.25, 0.3) is 10.9 Å². The van der Waals surface area contributed by atoms with Crippen LogP contribution in [0.5, 0.6) is 11.6 Å². The van der Waals surface area contributed by atoms with Crippen LogP contribution < -0.4 is 10.1 Å². The highest BCUT2D eigenvalue weighted by Crippen LogP contribution is 2.33. The molecule has 4 aromatic rings. The molecule has 196 valence electrons. The number of carbonyl (C=O) groups excluding carboxylic acids is 2. The summed E-state index contributed by atoms with van der Waals surface area (Å²) in [6.45, 7) is 9.83. The Morgan fingerprint density at radius 1 is 1.08 bits per heavy atom. The van der Waals surface area contributed by atoms with Crippen molar-refractivity contribution in [2.45, 2.75) is 59.2 Å². The van der Waals surface area contributed by atoms with E-state index in [4.69, 9.17) is 9.47 Å². The number of rotatable bonds is 3. The maximum atomic E-state index is 12.9. The lowest BCUT2D eigenvalue weighted by Gasteiger charge is -2.35. The number of carbonyl (C=O) groups is 2. The van der Waals surface area contributed by atoms with Crippen molar-refractivity contribution in [3.63, 3.8) is 0 Å². The molecule has 1 N–H and O–H groups in total. The lowest BCUT2D eigenvalue weighted by molar-refractivity contribution is 0.0132. The SMILES string of the molecule is Cc1cccc(NC(=O)n2ccc3cc(Oc4ncnc5c4CC(C)N(C(=O)OC(C)(C)C)C5)ccc32)c1. The molecule has 0 bridgehead atoms. The largest absolute Gasteiger partial charge is 0.444 e. The van der Waals surface area contributed by atoms with E-state index in [1.807, 2.05) is 83.1 Å². The van der Waals surface area contributed by atoms with Crippen molar-refractivity contribution < 1.29 is 19.1 Å². The van der Waals surface area contributed by atoms with E-state index < -0.39 is 5.60 Å². The first kappa shape index (κ1) is 25.3. The van der Waals surface area contributed by atoms with E-state index in [0.29, 0.717) is 24.6 Å². The molecule has 2 aromatic heterocycles. The smallest absolute Gasteiger partial charge is 0.410 e. The Balaban J connectivity index is 1.34. The summed E-state index contributed by atoms with van der Waals surface area (Å²) in [4.78, 5) is 36.1. The number of fused-ring (bicyclic) bond motifs is 2. The standard InChI is InChI=1S/C29H31N5O4/c1-18-7-6-8-21(13-18)32-27(35)33-12-11-20-15-22(9-10-25(20)33)37-26-23-14-19(2)34(16-24(23)30-17-31-26)28(36)38-29(3,4)5/h6-13,15,17,19H,14,16H2,1-5H3,(H,32,35). The topological polar surface area (TPSA) is 98.6 Å². The van der Waals surface area contributed by atoms with Crippen LogP contribution in [-0.4, -0.2) is 43.2 Å². The summed E-state index contributed by atoms with van der Waals surface area (Å²) >= 11 is 0. The molecule has 0 spiro atoms. The molecule has 0 radical (unpaired) electrons. The summed E-state index contributed by atoms with van der Waals surface area (Å²) in [5.41, 5.74) is 3.60. The number of aryl methyl sites for hydroxylation is 1. The second-order valence-corrected chi connectivity index (χ2v) is 10.6. The molecule has 2 aromatic carbocycles. The second-order valence-electron chi connectivity index (χ2n) is 10.6. The molecule has 3 heterocycles. The fourth-order valence-corrected chi connectivity index (χ4v) is 4.53. The van der Waals surface area contributed by atoms with Gasteiger partial charge in [0.2, 0.25) is 5.88 Å². The first-order valence-electron chi connectivity index (χ1n) is 12.6. The summed E-state index contributed by atoms with van der Waals surface area (Å²) in [6, 6.07) is 14.7. The van der Waals surface area contributed by atoms with Crippen LogP contribution in [0.15, 0.2) is 61.1 Å². The van der Waals surface area contributed by atoms with Crippen molar-refractivity contribution in [1.29, 1.82) is 0 Å². The van der Waals surface area contributed by atoms with Crippen molar-refractivity contribution in [1.82, 2.24) is 19.4 Å². The van der Waals surface area contributed by atoms with E-state index in [-0.39, 0.29) is 18.2 Å². The zero-order valence-corrected chi connectivity index (χ0v) is 22.2. The predicted molar refractivity (Wildman–Crippen MR) is 145 cm³/mol. The number of hydrogen-bond acceptors (Lipinski definition) is 6. The minimum atomic E-state index is -0.574. The van der Waals surface area contributed by atoms with E-state index in [0.717, 1.165) is 33.4 Å². The third-order valence-electron chi connectivity index (χ3n) is 6.34. The van der Waals surface area contributed by atoms with E-state index in [2.05, 4.69) is 15.3 Å². The molecule has 1 aliphatic heterocycles. The summed E-state index contributed by atoms with van der Waals surface area (Å²) in [5.74, 6) is 1.05. The molecule has 0 saturated carbocycles. The van der Waals surface area contributed by atoms with Crippen LogP contribution in [0.3, 0.4) is 0 Å². The molecule has 1 unspecified atom stereocenters. The van der Waals surface area contributed by atoms with Gasteiger partial charge in [0.05, 0.1) is 17.8 Å². The Kier molecular flexibility index (Phi) is 6.52. The average Bonchev–Trinajstić information content (AvgIpc) is 3.26. The van der Waals surface area contributed by atoms with Gasteiger partial charge in [-0.3, -0.25) is 9.47 Å². The van der Waals surface area contributed by atoms with Crippen molar-refractivity contribution >= 4 is 28.7 Å². The van der Waals surface area contributed by atoms with Crippen LogP contribution in [0.4, 0.5) is 15.3 Å². The maximum absolute atomic E-state index is 12.9. The first-order valence-corrected chi connectivity index (χ1v) is 12.6. The second kappa shape index (κ2) is 9.81. The lowest BCUT2D eigenvalue weighted by atomic mass is 10.00. The molecule has 5 rings (SSSR count). The van der Waals surface area contributed by atoms with Crippen molar-refractivity contribution in [2.24, 2.45) is 0 Å². The highest BCUT2D eigenvalue weighted by molar-refractivity contribution is 5.98. The number of nitrogens with one attached hydrogen (secondary N) is 1. The van der Waals surface area contributed by atoms with Gasteiger partial charge in [-0.2, -0.15) is 0 Å². The third-order valence-corrected chi connectivity index (χ3v) is 6.34. The molecular weight excluding hydrogens is 482 g/mol. The molecule has 38 heavy (non-hydrogen) atoms. The Labute approximate surface area is 221 Å². The van der Waals surface area contributed by atoms with Crippen LogP contribution in [0, 0.1) is 6.92 Å². The van der Waals surface area contributed by atoms with Gasteiger partial charge in [0, 0.05) is 28.9 Å². The van der Waals surface area contributed by atoms with E-state index in [1.165, 1.54) is 6.33 Å². The van der Waals surface area contributed by atoms with Gasteiger partial charge in [-0.25, -0.2) is 19.6 Å². The third kappa shape index (κ3) is 5.32. The number of anilines is 1. The Morgan fingerprint density at radius 3 is 2.66 bits per heavy atom. The normalized spacial score (nSPS) is 15.2. The van der Waals surface area contributed by atoms with E-state index >= 15 is 0 Å². The number of benzene rings is 2. The molecule has 0 saturated heterocycles. The van der Waals surface area contributed by atoms with Crippen LogP contribution >= 0.6 is 0 Å². The van der Waals surface area contributed by atoms with Gasteiger partial charge in [0.15, 0.2) is 0 Å². The van der Waals surface area contributed by atoms with Gasteiger partial charge < -0.3 is 14.8 Å². The highest BCUT2D eigenvalue weighted by Gasteiger charge is 2.33. The van der Waals surface area contributed by atoms with Crippen LogP contribution in [0.2, 0.25) is 0 Å². The molecule has 0 aliphatic carbocycles. The lowest BCUT2D eigenvalue weighted by Crippen LogP contribution is -2.45. The summed E-state index contributed by atoms with van der Waals surface area (Å²) < 4.78 is 13.3. The van der Waals surface area contributed by atoms with Gasteiger partial charge >= 0.3 is 12.1 Å². The molecule has 9 heteroatoms. The van der Waals surface area contributed by atoms with Gasteiger partial charge in [0.25, 0.3) is 0 Å². The van der Waals surface area contributed by atoms with E-state index in [1.54, 1.807) is 15.7 Å². The summed E-state index contributed by atoms with van der Waals surface area (Å²) in [5, 5.41) is 3.79. The molecule has 2 amide bonds. The van der Waals surface area contributed by atoms with Crippen LogP contribution in [0.1, 0.15) is 44.5 Å². The number of nitrogens with zero attached hydrogens (tertiary/aromatic N) is 4. The minimum Gasteiger partial charge on any atom is -0.444 e. The minimum absolute atomic E-state index is 0.103. The number of hydrogen-bond donors (Lipinski definition) is 1. The van der Waals surface area contributed by atoms with Gasteiger partial charge in [-0.05, 0) is 83.0 Å². The monoisotopic (exact) mass is 513 g/mol. The number of amides is 2. The quantitative estimate of drug-likeness (QED) is 0.345. The Bertz CT molecular complexity index is 1520. The molecule has 0 fully saturated rings. The predicted octanol–water partition coefficient (Wildman–Crippen LogP) is 6.29. The Hall–Kier alpha value is -4.40. The molecule has 9 nitrogen and oxygen atoms in total. The van der Waals surface area contributed by atoms with Crippen LogP contribution in [-0.2, 0) is 17.7 Å². The van der Waals surface area contributed by atoms with E-state index in [9.17, 15) is 9.59 Å². The van der Waals surface area contributed by atoms with Crippen molar-refractivity contribution in [3.05, 3.63) is 77.9 Å². The Morgan fingerprint density at radius 2 is 1.89 bits per heavy atom. The summed E-state index contributed by atoms with van der Waals surface area (Å²) in [7, 11) is 0. The van der Waals surface area contributed by atoms with Gasteiger partial charge in [-0.15, -0.1) is 0 Å². The van der Waals surface area contributed by atoms with Gasteiger partial charge in [0.1, 0.15) is 17.7 Å². The fraction of sp³-hybridized carbons (Fsp3) is 0.310. The molecule has 1 aliphatic rings. The average molecular weight is 514 g/mol.